The molecule has 0 atom stereocenters. The van der Waals surface area contributed by atoms with E-state index in [1.807, 2.05) is 0 Å². The standard InChI is InChI=1S/C55H110/c1-2-3-4-5-6-7-8-9-10-11-12-13-14-15-16-17-18-19-20-21-22-23-24-25-26-27-28-29-30-31-32-33-34-35-36-37-38-39-40-41-42-43-44-45-46-47-49-52-55-53-50-48-51-54-55/h55H,2-54H2,1H3. The molecule has 0 unspecified atom stereocenters. The normalized spacial score (nSPS) is 13.7. The first-order valence-corrected chi connectivity index (χ1v) is 27.4. The van der Waals surface area contributed by atoms with Gasteiger partial charge in [-0.15, -0.1) is 0 Å². The van der Waals surface area contributed by atoms with Crippen molar-refractivity contribution < 1.29 is 0 Å². The SMILES string of the molecule is CCCCCCCCCCCCCCCCCCCCCCCCCCCCCCCCCCCCCCCCCCCCCCCCCC1CCCCC1. The average molecular weight is 771 g/mol. The Morgan fingerprint density at radius 2 is 0.364 bits per heavy atom. The zero-order valence-electron chi connectivity index (χ0n) is 39.1. The van der Waals surface area contributed by atoms with Gasteiger partial charge in [0, 0.05) is 0 Å². The highest BCUT2D eigenvalue weighted by atomic mass is 14.2. The molecule has 0 aliphatic heterocycles. The van der Waals surface area contributed by atoms with Crippen LogP contribution in [0.2, 0.25) is 0 Å². The summed E-state index contributed by atoms with van der Waals surface area (Å²) in [5.41, 5.74) is 0. The highest BCUT2D eigenvalue weighted by Crippen LogP contribution is 2.28. The summed E-state index contributed by atoms with van der Waals surface area (Å²) < 4.78 is 0. The van der Waals surface area contributed by atoms with Gasteiger partial charge >= 0.3 is 0 Å². The lowest BCUT2D eigenvalue weighted by Gasteiger charge is -2.21. The summed E-state index contributed by atoms with van der Waals surface area (Å²) >= 11 is 0. The van der Waals surface area contributed by atoms with E-state index in [1.165, 1.54) is 321 Å². The molecule has 0 N–H and O–H groups in total. The Morgan fingerprint density at radius 1 is 0.200 bits per heavy atom. The fourth-order valence-electron chi connectivity index (χ4n) is 9.94. The zero-order chi connectivity index (χ0) is 39.1. The van der Waals surface area contributed by atoms with Crippen LogP contribution in [0.3, 0.4) is 0 Å². The molecule has 0 aromatic carbocycles. The third-order valence-corrected chi connectivity index (χ3v) is 13.9. The van der Waals surface area contributed by atoms with Crippen LogP contribution in [0.5, 0.6) is 0 Å². The monoisotopic (exact) mass is 771 g/mol. The van der Waals surface area contributed by atoms with Crippen LogP contribution in [0.15, 0.2) is 0 Å². The van der Waals surface area contributed by atoms with Crippen molar-refractivity contribution in [1.29, 1.82) is 0 Å². The summed E-state index contributed by atoms with van der Waals surface area (Å²) in [6, 6.07) is 0. The molecular weight excluding hydrogens is 661 g/mol. The highest BCUT2D eigenvalue weighted by Gasteiger charge is 2.12. The van der Waals surface area contributed by atoms with Gasteiger partial charge in [0.25, 0.3) is 0 Å². The van der Waals surface area contributed by atoms with Crippen LogP contribution in [0.25, 0.3) is 0 Å². The van der Waals surface area contributed by atoms with Gasteiger partial charge in [0.2, 0.25) is 0 Å². The van der Waals surface area contributed by atoms with E-state index in [-0.39, 0.29) is 0 Å². The molecule has 0 saturated heterocycles. The third-order valence-electron chi connectivity index (χ3n) is 13.9. The van der Waals surface area contributed by atoms with E-state index in [4.69, 9.17) is 0 Å². The Morgan fingerprint density at radius 3 is 0.545 bits per heavy atom. The molecule has 0 aromatic heterocycles. The largest absolute Gasteiger partial charge is 0.0654 e. The van der Waals surface area contributed by atoms with Crippen molar-refractivity contribution in [3.8, 4) is 0 Å². The van der Waals surface area contributed by atoms with Gasteiger partial charge in [-0.1, -0.05) is 347 Å². The van der Waals surface area contributed by atoms with Crippen LogP contribution in [-0.2, 0) is 0 Å². The molecular formula is C55H110. The summed E-state index contributed by atoms with van der Waals surface area (Å²) in [7, 11) is 0. The second kappa shape index (κ2) is 48.4. The molecule has 0 bridgehead atoms. The molecule has 0 heteroatoms. The van der Waals surface area contributed by atoms with Crippen LogP contribution in [0.4, 0.5) is 0 Å². The lowest BCUT2D eigenvalue weighted by atomic mass is 9.85. The van der Waals surface area contributed by atoms with Crippen LogP contribution < -0.4 is 0 Å². The minimum atomic E-state index is 1.10. The van der Waals surface area contributed by atoms with Gasteiger partial charge in [0.05, 0.1) is 0 Å². The second-order valence-corrected chi connectivity index (χ2v) is 19.6. The Hall–Kier alpha value is 0. The zero-order valence-corrected chi connectivity index (χ0v) is 39.1. The molecule has 0 aromatic rings. The van der Waals surface area contributed by atoms with Gasteiger partial charge in [-0.25, -0.2) is 0 Å². The van der Waals surface area contributed by atoms with E-state index in [2.05, 4.69) is 6.92 Å². The maximum absolute atomic E-state index is 2.31. The molecule has 0 radical (unpaired) electrons. The summed E-state index contributed by atoms with van der Waals surface area (Å²) in [4.78, 5) is 0. The number of hydrogen-bond acceptors (Lipinski definition) is 0. The predicted octanol–water partition coefficient (Wildman–Crippen LogP) is 21.3. The average Bonchev–Trinajstić information content (AvgIpc) is 3.21. The second-order valence-electron chi connectivity index (χ2n) is 19.6. The van der Waals surface area contributed by atoms with Gasteiger partial charge in [0.15, 0.2) is 0 Å². The Bertz CT molecular complexity index is 644. The van der Waals surface area contributed by atoms with Crippen molar-refractivity contribution in [3.05, 3.63) is 0 Å². The first kappa shape index (κ1) is 53.0. The van der Waals surface area contributed by atoms with Crippen molar-refractivity contribution in [2.45, 2.75) is 347 Å². The van der Waals surface area contributed by atoms with Gasteiger partial charge < -0.3 is 0 Å². The van der Waals surface area contributed by atoms with Gasteiger partial charge in [0.1, 0.15) is 0 Å². The van der Waals surface area contributed by atoms with Gasteiger partial charge in [-0.3, -0.25) is 0 Å². The van der Waals surface area contributed by atoms with Crippen molar-refractivity contribution in [2.24, 2.45) is 5.92 Å². The molecule has 1 fully saturated rings. The molecule has 1 aliphatic rings. The minimum Gasteiger partial charge on any atom is -0.0654 e. The smallest absolute Gasteiger partial charge is 0.0414 e. The summed E-state index contributed by atoms with van der Waals surface area (Å²) in [5, 5.41) is 0. The predicted molar refractivity (Wildman–Crippen MR) is 254 cm³/mol. The van der Waals surface area contributed by atoms with Gasteiger partial charge in [-0.05, 0) is 5.92 Å². The highest BCUT2D eigenvalue weighted by molar-refractivity contribution is 4.66. The number of rotatable bonds is 48. The maximum atomic E-state index is 2.31. The lowest BCUT2D eigenvalue weighted by molar-refractivity contribution is 0.328. The first-order valence-electron chi connectivity index (χ1n) is 27.4. The van der Waals surface area contributed by atoms with E-state index in [0.29, 0.717) is 0 Å². The van der Waals surface area contributed by atoms with E-state index in [9.17, 15) is 0 Å². The van der Waals surface area contributed by atoms with E-state index in [0.717, 1.165) is 5.92 Å². The van der Waals surface area contributed by atoms with Crippen molar-refractivity contribution in [3.63, 3.8) is 0 Å². The molecule has 0 heterocycles. The molecule has 0 nitrogen and oxygen atoms in total. The van der Waals surface area contributed by atoms with Gasteiger partial charge in [-0.2, -0.15) is 0 Å². The summed E-state index contributed by atoms with van der Waals surface area (Å²) in [6.07, 6.45) is 79.4. The van der Waals surface area contributed by atoms with Crippen molar-refractivity contribution in [1.82, 2.24) is 0 Å². The molecule has 1 aliphatic carbocycles. The molecule has 0 spiro atoms. The molecule has 1 rings (SSSR count). The van der Waals surface area contributed by atoms with E-state index in [1.54, 1.807) is 19.3 Å². The quantitative estimate of drug-likeness (QED) is 0.0541. The topological polar surface area (TPSA) is 0 Å². The molecule has 55 heavy (non-hydrogen) atoms. The van der Waals surface area contributed by atoms with Crippen LogP contribution >= 0.6 is 0 Å². The summed E-state index contributed by atoms with van der Waals surface area (Å²) in [5.74, 6) is 1.10. The Labute approximate surface area is 351 Å². The van der Waals surface area contributed by atoms with Crippen LogP contribution in [0, 0.1) is 5.92 Å². The fraction of sp³-hybridized carbons (Fsp3) is 1.00. The lowest BCUT2D eigenvalue weighted by Crippen LogP contribution is -2.05. The van der Waals surface area contributed by atoms with Crippen molar-refractivity contribution in [2.75, 3.05) is 0 Å². The molecule has 0 amide bonds. The minimum absolute atomic E-state index is 1.10. The van der Waals surface area contributed by atoms with Crippen molar-refractivity contribution >= 4 is 0 Å². The Kier molecular flexibility index (Phi) is 46.6. The third kappa shape index (κ3) is 44.9. The Balaban J connectivity index is 1.59. The number of hydrogen-bond donors (Lipinski definition) is 0. The molecule has 1 saturated carbocycles. The van der Waals surface area contributed by atoms with Crippen LogP contribution in [-0.4, -0.2) is 0 Å². The number of unbranched alkanes of at least 4 members (excludes halogenated alkanes) is 46. The molecule has 330 valence electrons. The van der Waals surface area contributed by atoms with E-state index < -0.39 is 0 Å². The maximum Gasteiger partial charge on any atom is -0.0414 e. The van der Waals surface area contributed by atoms with Crippen LogP contribution in [0.1, 0.15) is 347 Å². The summed E-state index contributed by atoms with van der Waals surface area (Å²) in [6.45, 7) is 2.31. The first-order chi connectivity index (χ1) is 27.4. The fourth-order valence-corrected chi connectivity index (χ4v) is 9.94. The van der Waals surface area contributed by atoms with E-state index >= 15 is 0 Å².